The van der Waals surface area contributed by atoms with Gasteiger partial charge in [-0.05, 0) is 43.7 Å². The van der Waals surface area contributed by atoms with Gasteiger partial charge in [0.1, 0.15) is 5.75 Å². The van der Waals surface area contributed by atoms with Crippen LogP contribution in [0.2, 0.25) is 0 Å². The van der Waals surface area contributed by atoms with Crippen LogP contribution >= 0.6 is 0 Å². The first kappa shape index (κ1) is 22.9. The number of amides is 2. The average Bonchev–Trinajstić information content (AvgIpc) is 3.19. The van der Waals surface area contributed by atoms with Gasteiger partial charge >= 0.3 is 6.18 Å². The monoisotopic (exact) mass is 446 g/mol. The van der Waals surface area contributed by atoms with Crippen LogP contribution in [0.3, 0.4) is 0 Å². The number of nitrogens with zero attached hydrogens (tertiary/aromatic N) is 2. The highest BCUT2D eigenvalue weighted by molar-refractivity contribution is 5.95. The number of carbonyl (C=O) groups is 2. The number of aryl methyl sites for hydroxylation is 1. The number of phenolic OH excluding ortho intramolecular Hbond substituents is 1. The highest BCUT2D eigenvalue weighted by Gasteiger charge is 2.40. The van der Waals surface area contributed by atoms with E-state index in [0.717, 1.165) is 11.8 Å². The zero-order valence-electron chi connectivity index (χ0n) is 17.1. The zero-order chi connectivity index (χ0) is 23.3. The summed E-state index contributed by atoms with van der Waals surface area (Å²) in [7, 11) is 0. The van der Waals surface area contributed by atoms with Crippen molar-refractivity contribution < 1.29 is 27.9 Å². The summed E-state index contributed by atoms with van der Waals surface area (Å²) in [6, 6.07) is 12.1. The summed E-state index contributed by atoms with van der Waals surface area (Å²) in [6.07, 6.45) is -3.60. The van der Waals surface area contributed by atoms with Crippen LogP contribution in [-0.4, -0.2) is 39.8 Å². The fraction of sp³-hybridized carbons (Fsp3) is 0.227. The van der Waals surface area contributed by atoms with Gasteiger partial charge in [-0.1, -0.05) is 23.8 Å². The van der Waals surface area contributed by atoms with Gasteiger partial charge in [-0.2, -0.15) is 18.3 Å². The molecule has 0 saturated carbocycles. The minimum absolute atomic E-state index is 0.0448. The summed E-state index contributed by atoms with van der Waals surface area (Å²) in [5.74, 6) is -1.36. The van der Waals surface area contributed by atoms with Crippen LogP contribution in [0.1, 0.15) is 38.4 Å². The first-order valence-electron chi connectivity index (χ1n) is 9.74. The molecule has 0 radical (unpaired) electrons. The number of benzene rings is 2. The quantitative estimate of drug-likeness (QED) is 0.485. The minimum atomic E-state index is -4.79. The van der Waals surface area contributed by atoms with Crippen molar-refractivity contribution in [3.63, 3.8) is 0 Å². The lowest BCUT2D eigenvalue weighted by Crippen LogP contribution is -2.31. The molecule has 0 fully saturated rings. The van der Waals surface area contributed by atoms with Gasteiger partial charge in [-0.15, -0.1) is 0 Å². The average molecular weight is 446 g/mol. The van der Waals surface area contributed by atoms with Crippen LogP contribution in [0.15, 0.2) is 54.7 Å². The molecule has 168 valence electrons. The van der Waals surface area contributed by atoms with Gasteiger partial charge in [0.25, 0.3) is 11.8 Å². The Bertz CT molecular complexity index is 1110. The van der Waals surface area contributed by atoms with E-state index in [1.807, 2.05) is 6.92 Å². The smallest absolute Gasteiger partial charge is 0.434 e. The van der Waals surface area contributed by atoms with Gasteiger partial charge in [0, 0.05) is 18.7 Å². The second kappa shape index (κ2) is 9.54. The second-order valence-electron chi connectivity index (χ2n) is 7.07. The van der Waals surface area contributed by atoms with Crippen LogP contribution in [0.4, 0.5) is 13.2 Å². The number of aromatic nitrogens is 2. The molecule has 0 spiro atoms. The van der Waals surface area contributed by atoms with E-state index in [-0.39, 0.29) is 30.1 Å². The number of phenols is 1. The van der Waals surface area contributed by atoms with E-state index in [1.54, 1.807) is 12.1 Å². The molecule has 7 nitrogen and oxygen atoms in total. The largest absolute Gasteiger partial charge is 0.508 e. The number of hydrogen-bond donors (Lipinski definition) is 3. The van der Waals surface area contributed by atoms with E-state index >= 15 is 0 Å². The Labute approximate surface area is 181 Å². The molecule has 3 aromatic rings. The van der Waals surface area contributed by atoms with Gasteiger partial charge in [0.05, 0.1) is 17.4 Å². The SMILES string of the molecule is Cc1ccc(-n2ncc(C(=O)NCCCNC(=O)c3cccc(O)c3)c2C(F)(F)F)cc1. The molecule has 3 rings (SSSR count). The molecule has 32 heavy (non-hydrogen) atoms. The van der Waals surface area contributed by atoms with Crippen LogP contribution < -0.4 is 10.6 Å². The molecule has 2 amide bonds. The van der Waals surface area contributed by atoms with Crippen molar-refractivity contribution in [1.29, 1.82) is 0 Å². The Morgan fingerprint density at radius 2 is 1.69 bits per heavy atom. The number of alkyl halides is 3. The third kappa shape index (κ3) is 5.45. The van der Waals surface area contributed by atoms with Crippen molar-refractivity contribution in [1.82, 2.24) is 20.4 Å². The summed E-state index contributed by atoms with van der Waals surface area (Å²) in [6.45, 7) is 2.04. The van der Waals surface area contributed by atoms with Crippen LogP contribution in [-0.2, 0) is 6.18 Å². The molecular formula is C22H21F3N4O3. The van der Waals surface area contributed by atoms with Crippen LogP contribution in [0.5, 0.6) is 5.75 Å². The molecule has 0 aliphatic carbocycles. The number of carbonyl (C=O) groups excluding carboxylic acids is 2. The summed E-state index contributed by atoms with van der Waals surface area (Å²) >= 11 is 0. The molecular weight excluding hydrogens is 425 g/mol. The Hall–Kier alpha value is -3.82. The van der Waals surface area contributed by atoms with Crippen LogP contribution in [0.25, 0.3) is 5.69 Å². The van der Waals surface area contributed by atoms with E-state index < -0.39 is 29.2 Å². The van der Waals surface area contributed by atoms with E-state index in [4.69, 9.17) is 0 Å². The molecule has 1 aromatic heterocycles. The number of halogens is 3. The third-order valence-corrected chi connectivity index (χ3v) is 4.59. The van der Waals surface area contributed by atoms with Crippen molar-refractivity contribution in [2.45, 2.75) is 19.5 Å². The van der Waals surface area contributed by atoms with Crippen molar-refractivity contribution in [2.24, 2.45) is 0 Å². The summed E-state index contributed by atoms with van der Waals surface area (Å²) in [4.78, 5) is 24.4. The molecule has 0 aliphatic rings. The summed E-state index contributed by atoms with van der Waals surface area (Å²) < 4.78 is 41.7. The lowest BCUT2D eigenvalue weighted by molar-refractivity contribution is -0.143. The maximum absolute atomic E-state index is 13.7. The topological polar surface area (TPSA) is 96.3 Å². The lowest BCUT2D eigenvalue weighted by Gasteiger charge is -2.13. The van der Waals surface area contributed by atoms with E-state index in [1.165, 1.54) is 36.4 Å². The standard InChI is InChI=1S/C22H21F3N4O3/c1-14-6-8-16(9-7-14)29-19(22(23,24)25)18(13-28-29)21(32)27-11-3-10-26-20(31)15-4-2-5-17(30)12-15/h2,4-9,12-13,30H,3,10-11H2,1H3,(H,26,31)(H,27,32). The van der Waals surface area contributed by atoms with Gasteiger partial charge in [-0.25, -0.2) is 4.68 Å². The second-order valence-corrected chi connectivity index (χ2v) is 7.07. The first-order chi connectivity index (χ1) is 15.2. The first-order valence-corrected chi connectivity index (χ1v) is 9.74. The Morgan fingerprint density at radius 3 is 2.31 bits per heavy atom. The molecule has 1 heterocycles. The van der Waals surface area contributed by atoms with Gasteiger partial charge in [0.15, 0.2) is 5.69 Å². The Balaban J connectivity index is 1.60. The Morgan fingerprint density at radius 1 is 1.03 bits per heavy atom. The molecule has 0 saturated heterocycles. The molecule has 0 aliphatic heterocycles. The van der Waals surface area contributed by atoms with Gasteiger partial charge < -0.3 is 15.7 Å². The molecule has 10 heteroatoms. The Kier molecular flexibility index (Phi) is 6.82. The molecule has 2 aromatic carbocycles. The summed E-state index contributed by atoms with van der Waals surface area (Å²) in [5.41, 5.74) is -0.398. The van der Waals surface area contributed by atoms with E-state index in [9.17, 15) is 27.9 Å². The minimum Gasteiger partial charge on any atom is -0.508 e. The number of aromatic hydroxyl groups is 1. The fourth-order valence-corrected chi connectivity index (χ4v) is 3.01. The van der Waals surface area contributed by atoms with E-state index in [2.05, 4.69) is 15.7 Å². The number of hydrogen-bond acceptors (Lipinski definition) is 4. The highest BCUT2D eigenvalue weighted by atomic mass is 19.4. The molecule has 0 atom stereocenters. The van der Waals surface area contributed by atoms with Crippen molar-refractivity contribution in [3.05, 3.63) is 77.1 Å². The van der Waals surface area contributed by atoms with Crippen molar-refractivity contribution in [3.8, 4) is 11.4 Å². The predicted octanol–water partition coefficient (Wildman–Crippen LogP) is 3.46. The normalized spacial score (nSPS) is 11.2. The third-order valence-electron chi connectivity index (χ3n) is 4.59. The van der Waals surface area contributed by atoms with Gasteiger partial charge in [0.2, 0.25) is 0 Å². The summed E-state index contributed by atoms with van der Waals surface area (Å²) in [5, 5.41) is 18.2. The van der Waals surface area contributed by atoms with Gasteiger partial charge in [-0.3, -0.25) is 9.59 Å². The van der Waals surface area contributed by atoms with Crippen molar-refractivity contribution in [2.75, 3.05) is 13.1 Å². The number of rotatable bonds is 7. The highest BCUT2D eigenvalue weighted by Crippen LogP contribution is 2.33. The number of nitrogens with one attached hydrogen (secondary N) is 2. The van der Waals surface area contributed by atoms with Crippen LogP contribution in [0, 0.1) is 6.92 Å². The molecule has 3 N–H and O–H groups in total. The fourth-order valence-electron chi connectivity index (χ4n) is 3.01. The zero-order valence-corrected chi connectivity index (χ0v) is 17.1. The predicted molar refractivity (Wildman–Crippen MR) is 111 cm³/mol. The lowest BCUT2D eigenvalue weighted by atomic mass is 10.2. The maximum Gasteiger partial charge on any atom is 0.434 e. The van der Waals surface area contributed by atoms with Crippen molar-refractivity contribution >= 4 is 11.8 Å². The van der Waals surface area contributed by atoms with E-state index in [0.29, 0.717) is 11.1 Å². The maximum atomic E-state index is 13.7. The molecule has 0 unspecified atom stereocenters. The molecule has 0 bridgehead atoms.